The lowest BCUT2D eigenvalue weighted by atomic mass is 9.85. The van der Waals surface area contributed by atoms with E-state index in [1.165, 1.54) is 0 Å². The van der Waals surface area contributed by atoms with Crippen LogP contribution in [0.2, 0.25) is 0 Å². The molecule has 7 nitrogen and oxygen atoms in total. The molecule has 1 aliphatic rings. The summed E-state index contributed by atoms with van der Waals surface area (Å²) in [7, 11) is 0. The van der Waals surface area contributed by atoms with Crippen molar-refractivity contribution in [1.29, 1.82) is 0 Å². The molecule has 0 saturated heterocycles. The molecule has 2 N–H and O–H groups in total. The van der Waals surface area contributed by atoms with Gasteiger partial charge >= 0.3 is 5.97 Å². The van der Waals surface area contributed by atoms with E-state index in [0.717, 1.165) is 48.8 Å². The van der Waals surface area contributed by atoms with Gasteiger partial charge in [0.05, 0.1) is 18.4 Å². The van der Waals surface area contributed by atoms with E-state index in [4.69, 9.17) is 5.11 Å². The second kappa shape index (κ2) is 6.86. The van der Waals surface area contributed by atoms with Gasteiger partial charge in [0.1, 0.15) is 0 Å². The Bertz CT molecular complexity index is 736. The van der Waals surface area contributed by atoms with E-state index >= 15 is 0 Å². The summed E-state index contributed by atoms with van der Waals surface area (Å²) < 4.78 is 2.08. The maximum absolute atomic E-state index is 10.9. The first-order chi connectivity index (χ1) is 11.5. The van der Waals surface area contributed by atoms with E-state index in [1.807, 2.05) is 24.9 Å². The lowest BCUT2D eigenvalue weighted by molar-refractivity contribution is -0.139. The van der Waals surface area contributed by atoms with Crippen LogP contribution in [0.25, 0.3) is 5.78 Å². The molecule has 2 aromatic heterocycles. The van der Waals surface area contributed by atoms with Crippen LogP contribution in [0.1, 0.15) is 36.8 Å². The van der Waals surface area contributed by atoms with Crippen LogP contribution in [0.5, 0.6) is 0 Å². The molecular weight excluding hydrogens is 306 g/mol. The van der Waals surface area contributed by atoms with Gasteiger partial charge in [0.25, 0.3) is 0 Å². The Kier molecular flexibility index (Phi) is 4.82. The van der Waals surface area contributed by atoms with E-state index in [-0.39, 0.29) is 6.54 Å². The minimum Gasteiger partial charge on any atom is -0.480 e. The highest BCUT2D eigenvalue weighted by atomic mass is 16.4. The number of nitrogens with one attached hydrogen (secondary N) is 1. The number of fused-ring (bicyclic) bond motifs is 1. The summed E-state index contributed by atoms with van der Waals surface area (Å²) in [4.78, 5) is 21.8. The molecule has 3 rings (SSSR count). The van der Waals surface area contributed by atoms with Crippen molar-refractivity contribution in [2.45, 2.75) is 52.2 Å². The molecule has 0 aromatic carbocycles. The molecule has 0 amide bonds. The third-order valence-corrected chi connectivity index (χ3v) is 4.81. The first-order valence-electron chi connectivity index (χ1n) is 8.47. The third-order valence-electron chi connectivity index (χ3n) is 4.81. The molecular formula is C17H25N5O2. The van der Waals surface area contributed by atoms with Crippen LogP contribution in [0.4, 0.5) is 0 Å². The van der Waals surface area contributed by atoms with Crippen molar-refractivity contribution >= 4 is 11.7 Å². The van der Waals surface area contributed by atoms with Gasteiger partial charge < -0.3 is 10.4 Å². The smallest absolute Gasteiger partial charge is 0.317 e. The number of likely N-dealkylation sites (N-methyl/N-ethyl adjacent to an activating group) is 1. The molecule has 2 aromatic rings. The van der Waals surface area contributed by atoms with Gasteiger partial charge in [0, 0.05) is 30.0 Å². The summed E-state index contributed by atoms with van der Waals surface area (Å²) in [6.45, 7) is 7.71. The number of aliphatic carboxylic acids is 1. The summed E-state index contributed by atoms with van der Waals surface area (Å²) >= 11 is 0. The summed E-state index contributed by atoms with van der Waals surface area (Å²) in [5.74, 6) is -0.00772. The lowest BCUT2D eigenvalue weighted by Crippen LogP contribution is -2.53. The number of hydrogen-bond donors (Lipinski definition) is 2. The van der Waals surface area contributed by atoms with Crippen molar-refractivity contribution in [3.63, 3.8) is 0 Å². The molecule has 7 heteroatoms. The van der Waals surface area contributed by atoms with Crippen molar-refractivity contribution in [2.75, 3.05) is 13.1 Å². The summed E-state index contributed by atoms with van der Waals surface area (Å²) in [5, 5.41) is 12.5. The van der Waals surface area contributed by atoms with Gasteiger partial charge in [0.15, 0.2) is 0 Å². The molecule has 0 spiro atoms. The van der Waals surface area contributed by atoms with Crippen LogP contribution in [0.3, 0.4) is 0 Å². The molecule has 1 saturated carbocycles. The third kappa shape index (κ3) is 3.42. The number of carboxylic acid groups (broad SMARTS) is 1. The van der Waals surface area contributed by atoms with Crippen LogP contribution in [-0.4, -0.2) is 55.5 Å². The number of aryl methyl sites for hydroxylation is 2. The Morgan fingerprint density at radius 2 is 2.21 bits per heavy atom. The minimum atomic E-state index is -0.753. The van der Waals surface area contributed by atoms with Crippen molar-refractivity contribution in [1.82, 2.24) is 24.6 Å². The molecule has 2 heterocycles. The molecule has 0 unspecified atom stereocenters. The van der Waals surface area contributed by atoms with Gasteiger partial charge in [0.2, 0.25) is 5.78 Å². The van der Waals surface area contributed by atoms with Gasteiger partial charge in [-0.1, -0.05) is 6.92 Å². The molecule has 0 aliphatic heterocycles. The normalized spacial score (nSPS) is 20.5. The van der Waals surface area contributed by atoms with Crippen LogP contribution in [0, 0.1) is 13.8 Å². The molecule has 0 atom stereocenters. The molecule has 0 bridgehead atoms. The van der Waals surface area contributed by atoms with E-state index < -0.39 is 5.97 Å². The average Bonchev–Trinajstić information content (AvgIpc) is 2.87. The molecule has 24 heavy (non-hydrogen) atoms. The topological polar surface area (TPSA) is 82.8 Å². The van der Waals surface area contributed by atoms with Gasteiger partial charge in [-0.2, -0.15) is 0 Å². The zero-order chi connectivity index (χ0) is 17.3. The molecule has 130 valence electrons. The van der Waals surface area contributed by atoms with E-state index in [1.54, 1.807) is 0 Å². The van der Waals surface area contributed by atoms with Crippen LogP contribution in [0.15, 0.2) is 12.3 Å². The fourth-order valence-electron chi connectivity index (χ4n) is 3.50. The largest absolute Gasteiger partial charge is 0.480 e. The Morgan fingerprint density at radius 3 is 2.88 bits per heavy atom. The summed E-state index contributed by atoms with van der Waals surface area (Å²) in [6, 6.07) is 2.86. The van der Waals surface area contributed by atoms with Gasteiger partial charge in [-0.15, -0.1) is 0 Å². The first kappa shape index (κ1) is 16.9. The maximum atomic E-state index is 10.9. The van der Waals surface area contributed by atoms with E-state index in [2.05, 4.69) is 32.7 Å². The lowest BCUT2D eigenvalue weighted by Gasteiger charge is -2.42. The number of hydrogen-bond acceptors (Lipinski definition) is 5. The number of aromatic nitrogens is 3. The highest BCUT2D eigenvalue weighted by Gasteiger charge is 2.33. The van der Waals surface area contributed by atoms with Crippen molar-refractivity contribution in [3.8, 4) is 0 Å². The van der Waals surface area contributed by atoms with Crippen LogP contribution in [-0.2, 0) is 11.3 Å². The zero-order valence-electron chi connectivity index (χ0n) is 14.5. The summed E-state index contributed by atoms with van der Waals surface area (Å²) in [5.41, 5.74) is 3.22. The second-order valence-corrected chi connectivity index (χ2v) is 6.58. The number of rotatable bonds is 7. The standard InChI is InChI=1S/C17H25N5O2/c1-4-21(10-16(23)24)14-6-13(7-14)18-8-15-9-19-17-20-11(2)5-12(3)22(15)17/h5,9,13-14,18H,4,6-8,10H2,1-3H3,(H,23,24). The Labute approximate surface area is 141 Å². The van der Waals surface area contributed by atoms with Gasteiger partial charge in [-0.3, -0.25) is 14.1 Å². The highest BCUT2D eigenvalue weighted by molar-refractivity contribution is 5.69. The molecule has 1 fully saturated rings. The van der Waals surface area contributed by atoms with E-state index in [0.29, 0.717) is 12.1 Å². The Morgan fingerprint density at radius 1 is 1.46 bits per heavy atom. The highest BCUT2D eigenvalue weighted by Crippen LogP contribution is 2.26. The van der Waals surface area contributed by atoms with Crippen LogP contribution < -0.4 is 5.32 Å². The van der Waals surface area contributed by atoms with Gasteiger partial charge in [-0.25, -0.2) is 9.97 Å². The fraction of sp³-hybridized carbons (Fsp3) is 0.588. The number of carbonyl (C=O) groups is 1. The van der Waals surface area contributed by atoms with Crippen molar-refractivity contribution < 1.29 is 9.90 Å². The Hall–Kier alpha value is -1.99. The minimum absolute atomic E-state index is 0.130. The average molecular weight is 331 g/mol. The SMILES string of the molecule is CCN(CC(=O)O)C1CC(NCc2cnc3nc(C)cc(C)n23)C1. The zero-order valence-corrected chi connectivity index (χ0v) is 14.5. The molecule has 0 radical (unpaired) electrons. The fourth-order valence-corrected chi connectivity index (χ4v) is 3.50. The second-order valence-electron chi connectivity index (χ2n) is 6.58. The van der Waals surface area contributed by atoms with Gasteiger partial charge in [-0.05, 0) is 39.3 Å². The molecule has 1 aliphatic carbocycles. The quantitative estimate of drug-likeness (QED) is 0.797. The monoisotopic (exact) mass is 331 g/mol. The predicted molar refractivity (Wildman–Crippen MR) is 91.0 cm³/mol. The number of imidazole rings is 1. The van der Waals surface area contributed by atoms with Crippen molar-refractivity contribution in [2.24, 2.45) is 0 Å². The number of carboxylic acids is 1. The number of nitrogens with zero attached hydrogens (tertiary/aromatic N) is 4. The van der Waals surface area contributed by atoms with Crippen LogP contribution >= 0.6 is 0 Å². The summed E-state index contributed by atoms with van der Waals surface area (Å²) in [6.07, 6.45) is 3.86. The van der Waals surface area contributed by atoms with Crippen molar-refractivity contribution in [3.05, 3.63) is 29.3 Å². The maximum Gasteiger partial charge on any atom is 0.317 e. The Balaban J connectivity index is 1.56. The predicted octanol–water partition coefficient (Wildman–Crippen LogP) is 1.37. The van der Waals surface area contributed by atoms with E-state index in [9.17, 15) is 4.79 Å². The first-order valence-corrected chi connectivity index (χ1v) is 8.47.